The fourth-order valence-corrected chi connectivity index (χ4v) is 6.00. The van der Waals surface area contributed by atoms with Crippen LogP contribution in [0.2, 0.25) is 0 Å². The third kappa shape index (κ3) is 4.41. The third-order valence-electron chi connectivity index (χ3n) is 7.86. The zero-order valence-corrected chi connectivity index (χ0v) is 22.1. The summed E-state index contributed by atoms with van der Waals surface area (Å²) < 4.78 is 16.5. The Morgan fingerprint density at radius 2 is 1.76 bits per heavy atom. The molecule has 3 aromatic carbocycles. The van der Waals surface area contributed by atoms with Gasteiger partial charge in [-0.2, -0.15) is 4.98 Å². The van der Waals surface area contributed by atoms with Crippen molar-refractivity contribution >= 4 is 33.4 Å². The van der Waals surface area contributed by atoms with Gasteiger partial charge in [0.15, 0.2) is 5.82 Å². The number of nitrogens with one attached hydrogen (secondary N) is 1. The number of nitrogens with zero attached hydrogens (tertiary/aromatic N) is 4. The van der Waals surface area contributed by atoms with Crippen LogP contribution in [0, 0.1) is 11.2 Å². The Morgan fingerprint density at radius 1 is 1.03 bits per heavy atom. The van der Waals surface area contributed by atoms with Gasteiger partial charge in [-0.05, 0) is 47.4 Å². The smallest absolute Gasteiger partial charge is 0.227 e. The molecule has 6 rings (SSSR count). The Kier molecular flexibility index (Phi) is 6.12. The number of benzene rings is 3. The molecule has 4 aromatic rings. The molecule has 38 heavy (non-hydrogen) atoms. The summed E-state index contributed by atoms with van der Waals surface area (Å²) in [5.74, 6) is 0.820. The van der Waals surface area contributed by atoms with Crippen LogP contribution in [0.5, 0.6) is 5.75 Å². The number of aromatic nitrogens is 2. The van der Waals surface area contributed by atoms with Crippen molar-refractivity contribution in [1.29, 1.82) is 0 Å². The van der Waals surface area contributed by atoms with Gasteiger partial charge in [0.2, 0.25) is 5.95 Å². The normalized spacial score (nSPS) is 19.4. The molecule has 198 valence electrons. The predicted molar refractivity (Wildman–Crippen MR) is 150 cm³/mol. The van der Waals surface area contributed by atoms with E-state index >= 15 is 4.39 Å². The SMILES string of the molecule is CN(CC(C)(C)CO)c1nc(N2C[C@H]3CC[C@@H](C2)N3)c2ccc(-c3cc(O)cc4ccccc34)c(F)c2n1. The first-order valence-electron chi connectivity index (χ1n) is 13.3. The van der Waals surface area contributed by atoms with E-state index in [1.54, 1.807) is 18.2 Å². The van der Waals surface area contributed by atoms with Gasteiger partial charge in [-0.3, -0.25) is 0 Å². The first-order valence-corrected chi connectivity index (χ1v) is 13.3. The number of aromatic hydroxyl groups is 1. The monoisotopic (exact) mass is 515 g/mol. The third-order valence-corrected chi connectivity index (χ3v) is 7.86. The highest BCUT2D eigenvalue weighted by Gasteiger charge is 2.34. The van der Waals surface area contributed by atoms with Crippen LogP contribution in [0.3, 0.4) is 0 Å². The Bertz CT molecular complexity index is 1510. The highest BCUT2D eigenvalue weighted by atomic mass is 19.1. The predicted octanol–water partition coefficient (Wildman–Crippen LogP) is 4.69. The van der Waals surface area contributed by atoms with Gasteiger partial charge < -0.3 is 25.3 Å². The van der Waals surface area contributed by atoms with Crippen LogP contribution in [-0.2, 0) is 0 Å². The topological polar surface area (TPSA) is 84.8 Å². The summed E-state index contributed by atoms with van der Waals surface area (Å²) in [5.41, 5.74) is 0.896. The molecule has 0 spiro atoms. The van der Waals surface area contributed by atoms with Crippen LogP contribution in [0.15, 0.2) is 48.5 Å². The fourth-order valence-electron chi connectivity index (χ4n) is 6.00. The summed E-state index contributed by atoms with van der Waals surface area (Å²) >= 11 is 0. The average Bonchev–Trinajstić information content (AvgIpc) is 3.24. The second-order valence-corrected chi connectivity index (χ2v) is 11.6. The van der Waals surface area contributed by atoms with Crippen molar-refractivity contribution in [1.82, 2.24) is 15.3 Å². The van der Waals surface area contributed by atoms with Crippen molar-refractivity contribution in [3.8, 4) is 16.9 Å². The van der Waals surface area contributed by atoms with Crippen LogP contribution in [-0.4, -0.2) is 65.6 Å². The van der Waals surface area contributed by atoms with Gasteiger partial charge in [-0.1, -0.05) is 44.2 Å². The average molecular weight is 516 g/mol. The van der Waals surface area contributed by atoms with Crippen molar-refractivity contribution in [2.75, 3.05) is 43.1 Å². The maximum absolute atomic E-state index is 16.5. The summed E-state index contributed by atoms with van der Waals surface area (Å²) in [6.45, 7) is 6.11. The molecular weight excluding hydrogens is 481 g/mol. The molecule has 0 saturated carbocycles. The van der Waals surface area contributed by atoms with Crippen molar-refractivity contribution < 1.29 is 14.6 Å². The van der Waals surface area contributed by atoms with E-state index < -0.39 is 5.82 Å². The zero-order valence-electron chi connectivity index (χ0n) is 22.1. The number of anilines is 2. The molecule has 8 heteroatoms. The van der Waals surface area contributed by atoms with E-state index in [1.165, 1.54) is 0 Å². The van der Waals surface area contributed by atoms with Gasteiger partial charge in [0.25, 0.3) is 0 Å². The van der Waals surface area contributed by atoms with E-state index in [0.29, 0.717) is 41.1 Å². The van der Waals surface area contributed by atoms with Crippen LogP contribution >= 0.6 is 0 Å². The maximum atomic E-state index is 16.5. The number of aliphatic hydroxyl groups is 1. The Balaban J connectivity index is 1.54. The summed E-state index contributed by atoms with van der Waals surface area (Å²) in [6, 6.07) is 15.4. The fraction of sp³-hybridized carbons (Fsp3) is 0.400. The number of hydrogen-bond donors (Lipinski definition) is 3. The Labute approximate surface area is 221 Å². The molecule has 2 bridgehead atoms. The quantitative estimate of drug-likeness (QED) is 0.344. The first kappa shape index (κ1) is 24.8. The van der Waals surface area contributed by atoms with Crippen molar-refractivity contribution in [2.24, 2.45) is 5.41 Å². The molecule has 2 saturated heterocycles. The largest absolute Gasteiger partial charge is 0.508 e. The highest BCUT2D eigenvalue weighted by molar-refractivity contribution is 6.01. The van der Waals surface area contributed by atoms with Gasteiger partial charge >= 0.3 is 0 Å². The number of aliphatic hydroxyl groups excluding tert-OH is 1. The second-order valence-electron chi connectivity index (χ2n) is 11.6. The molecule has 0 amide bonds. The summed E-state index contributed by atoms with van der Waals surface area (Å²) in [7, 11) is 1.88. The minimum atomic E-state index is -0.434. The van der Waals surface area contributed by atoms with Gasteiger partial charge in [-0.25, -0.2) is 9.37 Å². The zero-order chi connectivity index (χ0) is 26.6. The summed E-state index contributed by atoms with van der Waals surface area (Å²) in [4.78, 5) is 13.9. The van der Waals surface area contributed by atoms with E-state index in [9.17, 15) is 10.2 Å². The number of phenolic OH excluding ortho intramolecular Hbond substituents is 1. The van der Waals surface area contributed by atoms with Crippen LogP contribution in [0.25, 0.3) is 32.8 Å². The molecule has 3 N–H and O–H groups in total. The lowest BCUT2D eigenvalue weighted by molar-refractivity contribution is 0.165. The highest BCUT2D eigenvalue weighted by Crippen LogP contribution is 2.39. The van der Waals surface area contributed by atoms with Crippen LogP contribution in [0.4, 0.5) is 16.2 Å². The van der Waals surface area contributed by atoms with Gasteiger partial charge in [0.05, 0.1) is 0 Å². The van der Waals surface area contributed by atoms with E-state index in [2.05, 4.69) is 10.2 Å². The lowest BCUT2D eigenvalue weighted by atomic mass is 9.94. The molecule has 2 atom stereocenters. The Hall–Kier alpha value is -3.49. The Morgan fingerprint density at radius 3 is 2.50 bits per heavy atom. The van der Waals surface area contributed by atoms with Crippen molar-refractivity contribution in [2.45, 2.75) is 38.8 Å². The van der Waals surface area contributed by atoms with Crippen molar-refractivity contribution in [3.63, 3.8) is 0 Å². The minimum absolute atomic E-state index is 0.0159. The van der Waals surface area contributed by atoms with Gasteiger partial charge in [0.1, 0.15) is 17.1 Å². The second kappa shape index (κ2) is 9.36. The standard InChI is InChI=1S/C30H34FN5O2/c1-30(2,17-37)16-35(3)29-33-27-24(28(34-29)36-14-19-8-9-20(15-36)32-19)11-10-23(26(27)31)25-13-21(38)12-18-6-4-5-7-22(18)25/h4-7,10-13,19-20,32,37-38H,8-9,14-17H2,1-3H3/t19-,20+. The number of phenols is 1. The lowest BCUT2D eigenvalue weighted by Crippen LogP contribution is -2.51. The summed E-state index contributed by atoms with van der Waals surface area (Å²) in [5, 5.41) is 26.3. The molecule has 0 unspecified atom stereocenters. The number of piperazine rings is 1. The molecule has 2 aliphatic rings. The van der Waals surface area contributed by atoms with Crippen molar-refractivity contribution in [3.05, 3.63) is 54.3 Å². The van der Waals surface area contributed by atoms with Gasteiger partial charge in [0, 0.05) is 61.7 Å². The minimum Gasteiger partial charge on any atom is -0.508 e. The molecular formula is C30H34FN5O2. The molecule has 0 aliphatic carbocycles. The first-order chi connectivity index (χ1) is 18.2. The van der Waals surface area contributed by atoms with Crippen LogP contribution in [0.1, 0.15) is 26.7 Å². The van der Waals surface area contributed by atoms with E-state index in [1.807, 2.05) is 56.1 Å². The number of halogens is 1. The van der Waals surface area contributed by atoms with Gasteiger partial charge in [-0.15, -0.1) is 0 Å². The van der Waals surface area contributed by atoms with E-state index in [0.717, 1.165) is 42.5 Å². The van der Waals surface area contributed by atoms with Crippen LogP contribution < -0.4 is 15.1 Å². The number of rotatable bonds is 6. The molecule has 2 fully saturated rings. The van der Waals surface area contributed by atoms with E-state index in [-0.39, 0.29) is 23.3 Å². The summed E-state index contributed by atoms with van der Waals surface area (Å²) in [6.07, 6.45) is 2.26. The molecule has 7 nitrogen and oxygen atoms in total. The molecule has 1 aromatic heterocycles. The number of hydrogen-bond acceptors (Lipinski definition) is 7. The maximum Gasteiger partial charge on any atom is 0.227 e. The molecule has 0 radical (unpaired) electrons. The lowest BCUT2D eigenvalue weighted by Gasteiger charge is -2.35. The number of fused-ring (bicyclic) bond motifs is 4. The van der Waals surface area contributed by atoms with E-state index in [4.69, 9.17) is 9.97 Å². The molecule has 3 heterocycles. The molecule has 2 aliphatic heterocycles.